The third-order valence-electron chi connectivity index (χ3n) is 4.73. The summed E-state index contributed by atoms with van der Waals surface area (Å²) in [6, 6.07) is 6.17. The summed E-state index contributed by atoms with van der Waals surface area (Å²) in [4.78, 5) is 14.4. The molecule has 2 heterocycles. The summed E-state index contributed by atoms with van der Waals surface area (Å²) in [5.41, 5.74) is 0.654. The van der Waals surface area contributed by atoms with Crippen molar-refractivity contribution in [3.8, 4) is 0 Å². The van der Waals surface area contributed by atoms with Crippen LogP contribution < -0.4 is 10.2 Å². The summed E-state index contributed by atoms with van der Waals surface area (Å²) in [5.74, 6) is 0.123. The van der Waals surface area contributed by atoms with E-state index < -0.39 is 12.6 Å². The lowest BCUT2D eigenvalue weighted by atomic mass is 9.78. The first-order valence-corrected chi connectivity index (χ1v) is 7.58. The third-order valence-corrected chi connectivity index (χ3v) is 4.73. The molecule has 0 atom stereocenters. The first-order valence-electron chi connectivity index (χ1n) is 7.58. The first kappa shape index (κ1) is 15.3. The quantitative estimate of drug-likeness (QED) is 0.911. The minimum atomic E-state index is -4.20. The fraction of sp³-hybridized carbons (Fsp3) is 0.562. The first-order chi connectivity index (χ1) is 10.4. The number of benzene rings is 1. The highest BCUT2D eigenvalue weighted by atomic mass is 19.4. The van der Waals surface area contributed by atoms with E-state index in [0.717, 1.165) is 32.4 Å². The van der Waals surface area contributed by atoms with Crippen molar-refractivity contribution in [1.82, 2.24) is 5.32 Å². The normalized spacial score (nSPS) is 21.6. The molecule has 0 aliphatic carbocycles. The zero-order chi connectivity index (χ0) is 15.8. The van der Waals surface area contributed by atoms with E-state index in [9.17, 15) is 18.0 Å². The van der Waals surface area contributed by atoms with Crippen LogP contribution in [0.4, 0.5) is 18.9 Å². The molecule has 0 saturated carbocycles. The fourth-order valence-electron chi connectivity index (χ4n) is 3.46. The van der Waals surface area contributed by atoms with Gasteiger partial charge >= 0.3 is 6.18 Å². The Bertz CT molecular complexity index is 548. The summed E-state index contributed by atoms with van der Waals surface area (Å²) in [6.45, 7) is 2.35. The Labute approximate surface area is 127 Å². The van der Waals surface area contributed by atoms with Crippen LogP contribution in [0.15, 0.2) is 24.3 Å². The summed E-state index contributed by atoms with van der Waals surface area (Å²) >= 11 is 0. The van der Waals surface area contributed by atoms with E-state index in [-0.39, 0.29) is 16.9 Å². The van der Waals surface area contributed by atoms with Gasteiger partial charge in [-0.05, 0) is 50.0 Å². The van der Waals surface area contributed by atoms with Crippen LogP contribution in [-0.4, -0.2) is 31.7 Å². The Morgan fingerprint density at radius 2 is 1.73 bits per heavy atom. The molecule has 2 aliphatic heterocycles. The molecule has 0 unspecified atom stereocenters. The number of halogens is 3. The monoisotopic (exact) mass is 312 g/mol. The average Bonchev–Trinajstić information content (AvgIpc) is 2.77. The molecule has 3 rings (SSSR count). The highest BCUT2D eigenvalue weighted by molar-refractivity contribution is 6.00. The van der Waals surface area contributed by atoms with E-state index in [2.05, 4.69) is 5.32 Å². The van der Waals surface area contributed by atoms with E-state index in [1.807, 2.05) is 0 Å². The average molecular weight is 312 g/mol. The molecule has 0 radical (unpaired) electrons. The van der Waals surface area contributed by atoms with Crippen molar-refractivity contribution in [1.29, 1.82) is 0 Å². The van der Waals surface area contributed by atoms with Crippen LogP contribution in [-0.2, 0) is 11.2 Å². The van der Waals surface area contributed by atoms with Gasteiger partial charge in [0.2, 0.25) is 5.91 Å². The summed E-state index contributed by atoms with van der Waals surface area (Å²) in [7, 11) is 0. The van der Waals surface area contributed by atoms with Gasteiger partial charge in [0.1, 0.15) is 0 Å². The van der Waals surface area contributed by atoms with E-state index in [1.165, 1.54) is 12.1 Å². The molecule has 2 aliphatic rings. The standard InChI is InChI=1S/C16H19F3N2O/c17-16(18,19)11-12-1-3-13(4-2-12)21-10-7-15(14(21)22)5-8-20-9-6-15/h1-4,20H,5-11H2. The fourth-order valence-corrected chi connectivity index (χ4v) is 3.46. The van der Waals surface area contributed by atoms with Crippen LogP contribution in [0, 0.1) is 5.41 Å². The number of hydrogen-bond donors (Lipinski definition) is 1. The van der Waals surface area contributed by atoms with Crippen molar-refractivity contribution in [3.05, 3.63) is 29.8 Å². The van der Waals surface area contributed by atoms with Gasteiger partial charge in [-0.3, -0.25) is 4.79 Å². The summed E-state index contributed by atoms with van der Waals surface area (Å²) < 4.78 is 37.1. The van der Waals surface area contributed by atoms with Crippen molar-refractivity contribution in [2.45, 2.75) is 31.9 Å². The van der Waals surface area contributed by atoms with E-state index in [1.54, 1.807) is 17.0 Å². The topological polar surface area (TPSA) is 32.3 Å². The maximum absolute atomic E-state index is 12.7. The molecular weight excluding hydrogens is 293 g/mol. The van der Waals surface area contributed by atoms with Gasteiger partial charge in [0.05, 0.1) is 11.8 Å². The number of carbonyl (C=O) groups is 1. The number of carbonyl (C=O) groups excluding carboxylic acids is 1. The molecule has 2 fully saturated rings. The number of hydrogen-bond acceptors (Lipinski definition) is 2. The van der Waals surface area contributed by atoms with Gasteiger partial charge in [-0.2, -0.15) is 13.2 Å². The van der Waals surface area contributed by atoms with Crippen LogP contribution >= 0.6 is 0 Å². The molecule has 1 aromatic carbocycles. The maximum Gasteiger partial charge on any atom is 0.393 e. The van der Waals surface area contributed by atoms with Crippen LogP contribution in [0.25, 0.3) is 0 Å². The molecule has 1 N–H and O–H groups in total. The molecule has 2 saturated heterocycles. The minimum Gasteiger partial charge on any atom is -0.317 e. The number of amides is 1. The van der Waals surface area contributed by atoms with Crippen molar-refractivity contribution < 1.29 is 18.0 Å². The predicted octanol–water partition coefficient (Wildman–Crippen LogP) is 2.90. The third kappa shape index (κ3) is 2.97. The molecule has 0 bridgehead atoms. The van der Waals surface area contributed by atoms with Gasteiger partial charge < -0.3 is 10.2 Å². The van der Waals surface area contributed by atoms with Gasteiger partial charge in [0.25, 0.3) is 0 Å². The highest BCUT2D eigenvalue weighted by Gasteiger charge is 2.47. The molecule has 1 amide bonds. The minimum absolute atomic E-state index is 0.123. The number of nitrogens with zero attached hydrogens (tertiary/aromatic N) is 1. The van der Waals surface area contributed by atoms with Gasteiger partial charge in [0, 0.05) is 12.2 Å². The molecule has 120 valence electrons. The number of piperidine rings is 1. The van der Waals surface area contributed by atoms with Gasteiger partial charge in [-0.1, -0.05) is 12.1 Å². The Hall–Kier alpha value is -1.56. The second-order valence-electron chi connectivity index (χ2n) is 6.20. The van der Waals surface area contributed by atoms with Gasteiger partial charge in [-0.25, -0.2) is 0 Å². The molecule has 22 heavy (non-hydrogen) atoms. The Balaban J connectivity index is 1.73. The SMILES string of the molecule is O=C1N(c2ccc(CC(F)(F)F)cc2)CCC12CCNCC2. The highest BCUT2D eigenvalue weighted by Crippen LogP contribution is 2.41. The largest absolute Gasteiger partial charge is 0.393 e. The van der Waals surface area contributed by atoms with Crippen molar-refractivity contribution >= 4 is 11.6 Å². The summed E-state index contributed by atoms with van der Waals surface area (Å²) in [6.07, 6.45) is -2.62. The predicted molar refractivity (Wildman–Crippen MR) is 77.7 cm³/mol. The second kappa shape index (κ2) is 5.57. The molecule has 3 nitrogen and oxygen atoms in total. The number of rotatable bonds is 2. The second-order valence-corrected chi connectivity index (χ2v) is 6.20. The molecular formula is C16H19F3N2O. The van der Waals surface area contributed by atoms with Crippen LogP contribution in [0.5, 0.6) is 0 Å². The van der Waals surface area contributed by atoms with Crippen molar-refractivity contribution in [2.75, 3.05) is 24.5 Å². The van der Waals surface area contributed by atoms with Crippen molar-refractivity contribution in [2.24, 2.45) is 5.41 Å². The molecule has 6 heteroatoms. The molecule has 0 aromatic heterocycles. The Morgan fingerprint density at radius 3 is 2.32 bits per heavy atom. The molecule has 1 spiro atoms. The van der Waals surface area contributed by atoms with E-state index in [0.29, 0.717) is 12.2 Å². The number of alkyl halides is 3. The van der Waals surface area contributed by atoms with E-state index >= 15 is 0 Å². The maximum atomic E-state index is 12.7. The zero-order valence-electron chi connectivity index (χ0n) is 12.2. The Kier molecular flexibility index (Phi) is 3.89. The zero-order valence-corrected chi connectivity index (χ0v) is 12.2. The van der Waals surface area contributed by atoms with Gasteiger partial charge in [0.15, 0.2) is 0 Å². The van der Waals surface area contributed by atoms with Crippen LogP contribution in [0.2, 0.25) is 0 Å². The van der Waals surface area contributed by atoms with E-state index in [4.69, 9.17) is 0 Å². The lowest BCUT2D eigenvalue weighted by Gasteiger charge is -2.32. The number of nitrogens with one attached hydrogen (secondary N) is 1. The Morgan fingerprint density at radius 1 is 1.09 bits per heavy atom. The van der Waals surface area contributed by atoms with Crippen molar-refractivity contribution in [3.63, 3.8) is 0 Å². The smallest absolute Gasteiger partial charge is 0.317 e. The van der Waals surface area contributed by atoms with Crippen LogP contribution in [0.1, 0.15) is 24.8 Å². The lowest BCUT2D eigenvalue weighted by molar-refractivity contribution is -0.128. The number of anilines is 1. The van der Waals surface area contributed by atoms with Gasteiger partial charge in [-0.15, -0.1) is 0 Å². The molecule has 1 aromatic rings. The lowest BCUT2D eigenvalue weighted by Crippen LogP contribution is -2.42. The summed E-state index contributed by atoms with van der Waals surface area (Å²) in [5, 5.41) is 3.26. The van der Waals surface area contributed by atoms with Crippen LogP contribution in [0.3, 0.4) is 0 Å².